The van der Waals surface area contributed by atoms with Crippen LogP contribution in [0.25, 0.3) is 21.8 Å². The van der Waals surface area contributed by atoms with E-state index in [1.54, 1.807) is 6.07 Å². The lowest BCUT2D eigenvalue weighted by molar-refractivity contribution is -0.134. The van der Waals surface area contributed by atoms with Gasteiger partial charge in [0.25, 0.3) is 0 Å². The highest BCUT2D eigenvalue weighted by molar-refractivity contribution is 5.89. The summed E-state index contributed by atoms with van der Waals surface area (Å²) in [6.07, 6.45) is 5.17. The summed E-state index contributed by atoms with van der Waals surface area (Å²) in [5, 5.41) is 31.5. The Morgan fingerprint density at radius 3 is 2.50 bits per heavy atom. The number of H-pyrrole nitrogens is 2. The second-order valence-corrected chi connectivity index (χ2v) is 7.58. The number of carboxylic acids is 2. The molecule has 0 amide bonds. The van der Waals surface area contributed by atoms with Gasteiger partial charge in [-0.25, -0.2) is 9.59 Å². The van der Waals surface area contributed by atoms with Crippen molar-refractivity contribution < 1.29 is 24.9 Å². The molecule has 1 aliphatic rings. The molecular weight excluding hydrogens is 410 g/mol. The Balaban J connectivity index is 0.000000265. The maximum Gasteiger partial charge on any atom is 0.328 e. The van der Waals surface area contributed by atoms with Gasteiger partial charge in [0, 0.05) is 45.8 Å². The smallest absolute Gasteiger partial charge is 0.328 e. The van der Waals surface area contributed by atoms with Gasteiger partial charge in [0.1, 0.15) is 5.75 Å². The molecule has 2 aromatic carbocycles. The lowest BCUT2D eigenvalue weighted by Gasteiger charge is -2.24. The van der Waals surface area contributed by atoms with Crippen LogP contribution in [0.15, 0.2) is 60.8 Å². The van der Waals surface area contributed by atoms with Crippen LogP contribution in [-0.4, -0.2) is 43.8 Å². The molecule has 0 saturated heterocycles. The van der Waals surface area contributed by atoms with Crippen LogP contribution in [0.5, 0.6) is 5.75 Å². The minimum Gasteiger partial charge on any atom is -0.508 e. The number of rotatable bonds is 4. The Kier molecular flexibility index (Phi) is 5.96. The lowest BCUT2D eigenvalue weighted by atomic mass is 9.94. The number of phenols is 1. The molecule has 1 atom stereocenters. The zero-order valence-corrected chi connectivity index (χ0v) is 17.1. The van der Waals surface area contributed by atoms with Crippen LogP contribution in [-0.2, 0) is 22.4 Å². The molecule has 0 saturated carbocycles. The summed E-state index contributed by atoms with van der Waals surface area (Å²) in [6.45, 7) is 0.961. The Morgan fingerprint density at radius 2 is 1.75 bits per heavy atom. The summed E-state index contributed by atoms with van der Waals surface area (Å²) in [4.78, 5) is 26.0. The van der Waals surface area contributed by atoms with Gasteiger partial charge in [-0.3, -0.25) is 0 Å². The SMILES string of the molecule is O=C(O)/C=C/C(=O)O.Oc1ccc2[nH]c3c(c2c1)CCNC3Cc1c[nH]c2ccccc12. The summed E-state index contributed by atoms with van der Waals surface area (Å²) in [5.74, 6) is -2.18. The van der Waals surface area contributed by atoms with Gasteiger partial charge in [0.05, 0.1) is 6.04 Å². The third kappa shape index (κ3) is 4.50. The fourth-order valence-corrected chi connectivity index (χ4v) is 4.13. The van der Waals surface area contributed by atoms with E-state index in [1.165, 1.54) is 27.7 Å². The normalized spacial score (nSPS) is 15.4. The Bertz CT molecular complexity index is 1300. The predicted molar refractivity (Wildman–Crippen MR) is 121 cm³/mol. The first-order valence-corrected chi connectivity index (χ1v) is 10.2. The van der Waals surface area contributed by atoms with Crippen molar-refractivity contribution in [1.29, 1.82) is 0 Å². The van der Waals surface area contributed by atoms with Crippen molar-refractivity contribution >= 4 is 33.7 Å². The molecule has 0 radical (unpaired) electrons. The second-order valence-electron chi connectivity index (χ2n) is 7.58. The van der Waals surface area contributed by atoms with Gasteiger partial charge in [-0.2, -0.15) is 0 Å². The van der Waals surface area contributed by atoms with E-state index >= 15 is 0 Å². The molecule has 0 fully saturated rings. The van der Waals surface area contributed by atoms with Crippen LogP contribution >= 0.6 is 0 Å². The number of nitrogens with one attached hydrogen (secondary N) is 3. The number of hydrogen-bond acceptors (Lipinski definition) is 4. The highest BCUT2D eigenvalue weighted by Crippen LogP contribution is 2.34. The van der Waals surface area contributed by atoms with Crippen LogP contribution in [0, 0.1) is 0 Å². The maximum absolute atomic E-state index is 9.81. The van der Waals surface area contributed by atoms with Gasteiger partial charge in [0.15, 0.2) is 0 Å². The standard InChI is InChI=1S/C20H19N3O.C4H4O4/c24-13-5-6-18-16(10-13)15-7-8-21-19(20(15)23-18)9-12-11-22-17-4-2-1-3-14(12)17;5-3(6)1-2-4(7)8/h1-6,10-11,19,21-24H,7-9H2;1-2H,(H,5,6)(H,7,8)/b;2-1+. The molecule has 4 aromatic rings. The third-order valence-corrected chi connectivity index (χ3v) is 5.50. The van der Waals surface area contributed by atoms with Crippen LogP contribution in [0.3, 0.4) is 0 Å². The topological polar surface area (TPSA) is 138 Å². The number of fused-ring (bicyclic) bond motifs is 4. The zero-order valence-electron chi connectivity index (χ0n) is 17.1. The summed E-state index contributed by atoms with van der Waals surface area (Å²) in [6, 6.07) is 14.3. The molecule has 32 heavy (non-hydrogen) atoms. The van der Waals surface area contributed by atoms with Crippen molar-refractivity contribution in [2.75, 3.05) is 6.54 Å². The van der Waals surface area contributed by atoms with Crippen molar-refractivity contribution in [3.63, 3.8) is 0 Å². The molecule has 8 heteroatoms. The first kappa shape index (κ1) is 21.2. The molecule has 3 heterocycles. The van der Waals surface area contributed by atoms with Crippen LogP contribution in [0.2, 0.25) is 0 Å². The molecule has 1 unspecified atom stereocenters. The molecular formula is C24H23N3O5. The Hall–Kier alpha value is -4.04. The Labute approximate surface area is 183 Å². The minimum atomic E-state index is -1.26. The quantitative estimate of drug-likeness (QED) is 0.272. The molecule has 8 nitrogen and oxygen atoms in total. The van der Waals surface area contributed by atoms with E-state index in [9.17, 15) is 14.7 Å². The fourth-order valence-electron chi connectivity index (χ4n) is 4.13. The molecule has 5 rings (SSSR count). The molecule has 6 N–H and O–H groups in total. The van der Waals surface area contributed by atoms with Gasteiger partial charge >= 0.3 is 11.9 Å². The number of hydrogen-bond donors (Lipinski definition) is 6. The molecule has 2 aromatic heterocycles. The maximum atomic E-state index is 9.81. The van der Waals surface area contributed by atoms with Gasteiger partial charge in [-0.15, -0.1) is 0 Å². The highest BCUT2D eigenvalue weighted by atomic mass is 16.4. The van der Waals surface area contributed by atoms with E-state index < -0.39 is 11.9 Å². The van der Waals surface area contributed by atoms with Crippen LogP contribution < -0.4 is 5.32 Å². The van der Waals surface area contributed by atoms with E-state index in [2.05, 4.69) is 45.7 Å². The Morgan fingerprint density at radius 1 is 1.00 bits per heavy atom. The number of aromatic nitrogens is 2. The third-order valence-electron chi connectivity index (χ3n) is 5.50. The summed E-state index contributed by atoms with van der Waals surface area (Å²) in [7, 11) is 0. The number of aliphatic carboxylic acids is 2. The largest absolute Gasteiger partial charge is 0.508 e. The highest BCUT2D eigenvalue weighted by Gasteiger charge is 2.25. The number of carbonyl (C=O) groups is 2. The fraction of sp³-hybridized carbons (Fsp3) is 0.167. The average Bonchev–Trinajstić information content (AvgIpc) is 3.35. The number of para-hydroxylation sites is 1. The van der Waals surface area contributed by atoms with E-state index in [0.29, 0.717) is 17.9 Å². The van der Waals surface area contributed by atoms with Crippen LogP contribution in [0.4, 0.5) is 0 Å². The summed E-state index contributed by atoms with van der Waals surface area (Å²) in [5.41, 5.74) is 6.21. The summed E-state index contributed by atoms with van der Waals surface area (Å²) < 4.78 is 0. The molecule has 0 spiro atoms. The zero-order chi connectivity index (χ0) is 22.7. The van der Waals surface area contributed by atoms with E-state index in [-0.39, 0.29) is 6.04 Å². The van der Waals surface area contributed by atoms with Crippen molar-refractivity contribution in [3.05, 3.63) is 77.6 Å². The van der Waals surface area contributed by atoms with Gasteiger partial charge in [-0.1, -0.05) is 18.2 Å². The molecule has 164 valence electrons. The minimum absolute atomic E-state index is 0.266. The molecule has 1 aliphatic heterocycles. The van der Waals surface area contributed by atoms with Crippen LogP contribution in [0.1, 0.15) is 22.9 Å². The predicted octanol–water partition coefficient (Wildman–Crippen LogP) is 3.50. The molecule has 0 bridgehead atoms. The van der Waals surface area contributed by atoms with E-state index in [4.69, 9.17) is 10.2 Å². The average molecular weight is 433 g/mol. The van der Waals surface area contributed by atoms with E-state index in [0.717, 1.165) is 30.3 Å². The van der Waals surface area contributed by atoms with Crippen molar-refractivity contribution in [2.24, 2.45) is 0 Å². The van der Waals surface area contributed by atoms with Gasteiger partial charge < -0.3 is 30.6 Å². The number of aromatic amines is 2. The number of phenolic OH excluding ortho intramolecular Hbond substituents is 1. The first-order chi connectivity index (χ1) is 15.4. The van der Waals surface area contributed by atoms with Gasteiger partial charge in [-0.05, 0) is 54.8 Å². The number of aromatic hydroxyl groups is 1. The van der Waals surface area contributed by atoms with Crippen molar-refractivity contribution in [2.45, 2.75) is 18.9 Å². The van der Waals surface area contributed by atoms with Crippen molar-refractivity contribution in [1.82, 2.24) is 15.3 Å². The number of benzene rings is 2. The van der Waals surface area contributed by atoms with Crippen molar-refractivity contribution in [3.8, 4) is 5.75 Å². The second kappa shape index (κ2) is 8.99. The first-order valence-electron chi connectivity index (χ1n) is 10.2. The van der Waals surface area contributed by atoms with Gasteiger partial charge in [0.2, 0.25) is 0 Å². The monoisotopic (exact) mass is 433 g/mol. The summed E-state index contributed by atoms with van der Waals surface area (Å²) >= 11 is 0. The lowest BCUT2D eigenvalue weighted by Crippen LogP contribution is -2.31. The van der Waals surface area contributed by atoms with E-state index in [1.807, 2.05) is 12.1 Å². The number of carboxylic acid groups (broad SMARTS) is 2. The molecule has 0 aliphatic carbocycles.